The van der Waals surface area contributed by atoms with Crippen molar-refractivity contribution in [2.45, 2.75) is 11.4 Å². The summed E-state index contributed by atoms with van der Waals surface area (Å²) in [5, 5.41) is 2.71. The fourth-order valence-corrected chi connectivity index (χ4v) is 2.70. The number of ether oxygens (including phenoxy) is 2. The summed E-state index contributed by atoms with van der Waals surface area (Å²) in [5.41, 5.74) is 1.31. The Hall–Kier alpha value is -2.47. The molecule has 2 rings (SSSR count). The fourth-order valence-electron chi connectivity index (χ4n) is 2.12. The number of nitrogens with one attached hydrogen (secondary N) is 1. The molecule has 0 saturated heterocycles. The van der Waals surface area contributed by atoms with Crippen LogP contribution in [0.3, 0.4) is 0 Å². The Kier molecular flexibility index (Phi) is 6.69. The van der Waals surface area contributed by atoms with Crippen molar-refractivity contribution in [2.24, 2.45) is 0 Å². The zero-order chi connectivity index (χ0) is 17.4. The summed E-state index contributed by atoms with van der Waals surface area (Å²) in [6.07, 6.45) is 1.88. The first-order valence-corrected chi connectivity index (χ1v) is 8.57. The summed E-state index contributed by atoms with van der Waals surface area (Å²) in [5.74, 6) is -0.174. The smallest absolute Gasteiger partial charge is 0.339 e. The predicted octanol–water partition coefficient (Wildman–Crippen LogP) is 2.89. The third kappa shape index (κ3) is 4.76. The van der Waals surface area contributed by atoms with Gasteiger partial charge in [-0.2, -0.15) is 0 Å². The molecule has 0 atom stereocenters. The van der Waals surface area contributed by atoms with Crippen LogP contribution in [0.15, 0.2) is 53.4 Å². The molecule has 0 saturated carbocycles. The Morgan fingerprint density at radius 2 is 1.79 bits per heavy atom. The van der Waals surface area contributed by atoms with Crippen LogP contribution in [0, 0.1) is 0 Å². The molecule has 2 aromatic rings. The summed E-state index contributed by atoms with van der Waals surface area (Å²) >= 11 is 1.45. The molecule has 0 unspecified atom stereocenters. The summed E-state index contributed by atoms with van der Waals surface area (Å²) in [6.45, 7) is -0.0154. The minimum absolute atomic E-state index is 0.307. The number of hydrogen-bond donors (Lipinski definition) is 1. The van der Waals surface area contributed by atoms with E-state index >= 15 is 0 Å². The molecule has 6 heteroatoms. The average Bonchev–Trinajstić information content (AvgIpc) is 2.64. The molecule has 1 N–H and O–H groups in total. The van der Waals surface area contributed by atoms with Gasteiger partial charge in [-0.25, -0.2) is 4.79 Å². The number of methoxy groups -OCH3 is 1. The van der Waals surface area contributed by atoms with Crippen LogP contribution in [-0.2, 0) is 16.1 Å². The maximum atomic E-state index is 12.1. The molecule has 0 spiro atoms. The van der Waals surface area contributed by atoms with Gasteiger partial charge < -0.3 is 14.8 Å². The standard InChI is InChI=1S/C18H19NO4S/c1-22-15-9-5-3-7-13(15)11-19-17(20)12-23-18(21)14-8-4-6-10-16(14)24-2/h3-10H,11-12H2,1-2H3,(H,19,20). The van der Waals surface area contributed by atoms with Crippen LogP contribution in [0.5, 0.6) is 5.75 Å². The molecule has 24 heavy (non-hydrogen) atoms. The Labute approximate surface area is 145 Å². The normalized spacial score (nSPS) is 10.1. The average molecular weight is 345 g/mol. The van der Waals surface area contributed by atoms with Crippen LogP contribution >= 0.6 is 11.8 Å². The van der Waals surface area contributed by atoms with Crippen molar-refractivity contribution in [3.63, 3.8) is 0 Å². The van der Waals surface area contributed by atoms with Crippen LogP contribution in [0.1, 0.15) is 15.9 Å². The third-order valence-corrected chi connectivity index (χ3v) is 4.13. The quantitative estimate of drug-likeness (QED) is 0.617. The molecular weight excluding hydrogens is 326 g/mol. The van der Waals surface area contributed by atoms with Crippen LogP contribution < -0.4 is 10.1 Å². The number of hydrogen-bond acceptors (Lipinski definition) is 5. The molecule has 0 radical (unpaired) electrons. The monoisotopic (exact) mass is 345 g/mol. The van der Waals surface area contributed by atoms with Gasteiger partial charge in [-0.15, -0.1) is 11.8 Å². The van der Waals surface area contributed by atoms with Gasteiger partial charge in [-0.3, -0.25) is 4.79 Å². The van der Waals surface area contributed by atoms with E-state index < -0.39 is 5.97 Å². The SMILES string of the molecule is COc1ccccc1CNC(=O)COC(=O)c1ccccc1SC. The van der Waals surface area contributed by atoms with Crippen LogP contribution in [-0.4, -0.2) is 31.8 Å². The highest BCUT2D eigenvalue weighted by atomic mass is 32.2. The molecule has 0 aliphatic carbocycles. The molecule has 2 aromatic carbocycles. The summed E-state index contributed by atoms with van der Waals surface area (Å²) in [4.78, 5) is 24.8. The van der Waals surface area contributed by atoms with Gasteiger partial charge in [-0.1, -0.05) is 30.3 Å². The number of rotatable bonds is 7. The van der Waals surface area contributed by atoms with Gasteiger partial charge in [0.05, 0.1) is 12.7 Å². The minimum atomic E-state index is -0.507. The van der Waals surface area contributed by atoms with Crippen molar-refractivity contribution in [3.05, 3.63) is 59.7 Å². The zero-order valence-electron chi connectivity index (χ0n) is 13.6. The second-order valence-corrected chi connectivity index (χ2v) is 5.71. The topological polar surface area (TPSA) is 64.6 Å². The Balaban J connectivity index is 1.86. The first kappa shape index (κ1) is 17.9. The molecule has 0 heterocycles. The highest BCUT2D eigenvalue weighted by Crippen LogP contribution is 2.20. The maximum Gasteiger partial charge on any atom is 0.339 e. The second-order valence-electron chi connectivity index (χ2n) is 4.86. The molecule has 0 aliphatic rings. The van der Waals surface area contributed by atoms with Crippen LogP contribution in [0.2, 0.25) is 0 Å². The van der Waals surface area contributed by atoms with Gasteiger partial charge in [0.1, 0.15) is 5.75 Å². The lowest BCUT2D eigenvalue weighted by Gasteiger charge is -2.10. The fraction of sp³-hybridized carbons (Fsp3) is 0.222. The number of para-hydroxylation sites is 1. The van der Waals surface area contributed by atoms with Crippen molar-refractivity contribution < 1.29 is 19.1 Å². The lowest BCUT2D eigenvalue weighted by Crippen LogP contribution is -2.28. The molecule has 0 fully saturated rings. The van der Waals surface area contributed by atoms with Gasteiger partial charge >= 0.3 is 5.97 Å². The van der Waals surface area contributed by atoms with Crippen molar-refractivity contribution in [3.8, 4) is 5.75 Å². The highest BCUT2D eigenvalue weighted by Gasteiger charge is 2.13. The maximum absolute atomic E-state index is 12.1. The number of benzene rings is 2. The lowest BCUT2D eigenvalue weighted by atomic mass is 10.2. The van der Waals surface area contributed by atoms with E-state index in [1.807, 2.05) is 42.7 Å². The molecule has 0 aromatic heterocycles. The molecule has 5 nitrogen and oxygen atoms in total. The van der Waals surface area contributed by atoms with Crippen LogP contribution in [0.25, 0.3) is 0 Å². The van der Waals surface area contributed by atoms with E-state index in [1.54, 1.807) is 19.2 Å². The largest absolute Gasteiger partial charge is 0.496 e. The molecule has 0 aliphatic heterocycles. The Bertz CT molecular complexity index is 718. The lowest BCUT2D eigenvalue weighted by molar-refractivity contribution is -0.124. The van der Waals surface area contributed by atoms with E-state index in [2.05, 4.69) is 5.32 Å². The highest BCUT2D eigenvalue weighted by molar-refractivity contribution is 7.98. The van der Waals surface area contributed by atoms with Gasteiger partial charge in [0.25, 0.3) is 5.91 Å². The third-order valence-electron chi connectivity index (χ3n) is 3.33. The first-order valence-electron chi connectivity index (χ1n) is 7.34. The first-order chi connectivity index (χ1) is 11.7. The van der Waals surface area contributed by atoms with E-state index in [9.17, 15) is 9.59 Å². The number of carbonyl (C=O) groups excluding carboxylic acids is 2. The predicted molar refractivity (Wildman–Crippen MR) is 93.3 cm³/mol. The van der Waals surface area contributed by atoms with Gasteiger partial charge in [0.15, 0.2) is 6.61 Å². The zero-order valence-corrected chi connectivity index (χ0v) is 14.4. The van der Waals surface area contributed by atoms with Crippen LogP contribution in [0.4, 0.5) is 0 Å². The molecule has 1 amide bonds. The summed E-state index contributed by atoms with van der Waals surface area (Å²) in [7, 11) is 1.58. The van der Waals surface area contributed by atoms with Crippen molar-refractivity contribution >= 4 is 23.6 Å². The minimum Gasteiger partial charge on any atom is -0.496 e. The summed E-state index contributed by atoms with van der Waals surface area (Å²) < 4.78 is 10.3. The number of carbonyl (C=O) groups is 2. The number of thioether (sulfide) groups is 1. The number of esters is 1. The molecule has 0 bridgehead atoms. The second kappa shape index (κ2) is 8.98. The van der Waals surface area contributed by atoms with Gasteiger partial charge in [0.2, 0.25) is 0 Å². The molecular formula is C18H19NO4S. The number of amides is 1. The van der Waals surface area contributed by atoms with E-state index in [0.29, 0.717) is 17.9 Å². The van der Waals surface area contributed by atoms with E-state index in [-0.39, 0.29) is 12.5 Å². The van der Waals surface area contributed by atoms with Gasteiger partial charge in [0, 0.05) is 17.0 Å². The Morgan fingerprint density at radius 3 is 2.54 bits per heavy atom. The van der Waals surface area contributed by atoms with Crippen molar-refractivity contribution in [1.82, 2.24) is 5.32 Å². The Morgan fingerprint density at radius 1 is 1.08 bits per heavy atom. The van der Waals surface area contributed by atoms with E-state index in [1.165, 1.54) is 11.8 Å². The van der Waals surface area contributed by atoms with Crippen molar-refractivity contribution in [1.29, 1.82) is 0 Å². The summed E-state index contributed by atoms with van der Waals surface area (Å²) in [6, 6.07) is 14.5. The van der Waals surface area contributed by atoms with Crippen molar-refractivity contribution in [2.75, 3.05) is 20.0 Å². The van der Waals surface area contributed by atoms with E-state index in [4.69, 9.17) is 9.47 Å². The van der Waals surface area contributed by atoms with E-state index in [0.717, 1.165) is 10.5 Å². The molecule has 126 valence electrons. The van der Waals surface area contributed by atoms with Gasteiger partial charge in [-0.05, 0) is 24.5 Å².